The highest BCUT2D eigenvalue weighted by atomic mass is 19.1. The van der Waals surface area contributed by atoms with E-state index in [1.165, 1.54) is 6.07 Å². The molecule has 0 aromatic carbocycles. The highest BCUT2D eigenvalue weighted by molar-refractivity contribution is 5.30. The van der Waals surface area contributed by atoms with Crippen molar-refractivity contribution in [2.24, 2.45) is 0 Å². The van der Waals surface area contributed by atoms with Crippen molar-refractivity contribution in [1.29, 1.82) is 0 Å². The van der Waals surface area contributed by atoms with Crippen molar-refractivity contribution in [2.45, 2.75) is 18.9 Å². The molecule has 0 atom stereocenters. The second-order valence-corrected chi connectivity index (χ2v) is 3.65. The summed E-state index contributed by atoms with van der Waals surface area (Å²) in [5, 5.41) is 10.4. The van der Waals surface area contributed by atoms with E-state index in [4.69, 9.17) is 9.47 Å². The smallest absolute Gasteiger partial charge is 0.324 e. The molecule has 0 spiro atoms. The number of nitrogens with zero attached hydrogens (tertiary/aromatic N) is 2. The van der Waals surface area contributed by atoms with E-state index in [0.29, 0.717) is 26.1 Å². The fraction of sp³-hybridized carbons (Fsp3) is 0.500. The summed E-state index contributed by atoms with van der Waals surface area (Å²) in [6.45, 7) is 1.19. The van der Waals surface area contributed by atoms with Crippen molar-refractivity contribution >= 4 is 5.69 Å². The highest BCUT2D eigenvalue weighted by Crippen LogP contribution is 2.21. The maximum Gasteiger partial charge on any atom is 0.324 e. The number of hydrogen-bond acceptors (Lipinski definition) is 5. The summed E-state index contributed by atoms with van der Waals surface area (Å²) in [7, 11) is 0. The number of nitro groups is 1. The standard InChI is InChI=1S/C10H11FN2O4/c11-10-8(13(14)15)1-2-9(12-10)17-7-3-5-16-6-4-7/h1-2,7H,3-6H2. The minimum Gasteiger partial charge on any atom is -0.474 e. The Hall–Kier alpha value is -1.76. The summed E-state index contributed by atoms with van der Waals surface area (Å²) in [6.07, 6.45) is 1.35. The maximum atomic E-state index is 13.2. The average Bonchev–Trinajstić information content (AvgIpc) is 2.30. The third kappa shape index (κ3) is 2.88. The molecule has 0 radical (unpaired) electrons. The molecule has 0 unspecified atom stereocenters. The minimum absolute atomic E-state index is 0.0694. The van der Waals surface area contributed by atoms with Crippen molar-refractivity contribution in [3.63, 3.8) is 0 Å². The van der Waals surface area contributed by atoms with Crippen LogP contribution < -0.4 is 4.74 Å². The first-order valence-corrected chi connectivity index (χ1v) is 5.22. The van der Waals surface area contributed by atoms with Crippen molar-refractivity contribution < 1.29 is 18.8 Å². The molecule has 0 amide bonds. The van der Waals surface area contributed by atoms with Gasteiger partial charge in [-0.05, 0) is 0 Å². The van der Waals surface area contributed by atoms with Crippen molar-refractivity contribution in [3.8, 4) is 5.88 Å². The van der Waals surface area contributed by atoms with Gasteiger partial charge in [-0.1, -0.05) is 0 Å². The molecule has 6 nitrogen and oxygen atoms in total. The van der Waals surface area contributed by atoms with Gasteiger partial charge >= 0.3 is 5.69 Å². The third-order valence-corrected chi connectivity index (χ3v) is 2.46. The lowest BCUT2D eigenvalue weighted by atomic mass is 10.1. The van der Waals surface area contributed by atoms with Crippen LogP contribution in [0.4, 0.5) is 10.1 Å². The van der Waals surface area contributed by atoms with Gasteiger partial charge in [-0.15, -0.1) is 0 Å². The van der Waals surface area contributed by atoms with Crippen LogP contribution in [-0.4, -0.2) is 29.2 Å². The number of aromatic nitrogens is 1. The Morgan fingerprint density at radius 2 is 2.18 bits per heavy atom. The van der Waals surface area contributed by atoms with Crippen molar-refractivity contribution in [3.05, 3.63) is 28.2 Å². The summed E-state index contributed by atoms with van der Waals surface area (Å²) in [5.74, 6) is -1.06. The summed E-state index contributed by atoms with van der Waals surface area (Å²) >= 11 is 0. The van der Waals surface area contributed by atoms with Crippen LogP contribution in [0.25, 0.3) is 0 Å². The Labute approximate surface area is 96.5 Å². The van der Waals surface area contributed by atoms with Crippen LogP contribution in [0.3, 0.4) is 0 Å². The average molecular weight is 242 g/mol. The Morgan fingerprint density at radius 3 is 2.76 bits per heavy atom. The number of pyridine rings is 1. The zero-order valence-electron chi connectivity index (χ0n) is 8.97. The molecule has 1 aromatic rings. The van der Waals surface area contributed by atoms with E-state index in [-0.39, 0.29) is 12.0 Å². The zero-order chi connectivity index (χ0) is 12.3. The molecule has 0 bridgehead atoms. The lowest BCUT2D eigenvalue weighted by Gasteiger charge is -2.22. The van der Waals surface area contributed by atoms with Gasteiger partial charge in [0.05, 0.1) is 18.1 Å². The third-order valence-electron chi connectivity index (χ3n) is 2.46. The number of ether oxygens (including phenoxy) is 2. The van der Waals surface area contributed by atoms with Gasteiger partial charge in [0.2, 0.25) is 5.88 Å². The Kier molecular flexibility index (Phi) is 3.48. The first-order chi connectivity index (χ1) is 8.16. The predicted molar refractivity (Wildman–Crippen MR) is 55.3 cm³/mol. The summed E-state index contributed by atoms with van der Waals surface area (Å²) in [6, 6.07) is 2.35. The molecule has 1 saturated heterocycles. The van der Waals surface area contributed by atoms with Gasteiger partial charge in [0.1, 0.15) is 6.10 Å². The van der Waals surface area contributed by atoms with E-state index in [1.807, 2.05) is 0 Å². The van der Waals surface area contributed by atoms with E-state index in [2.05, 4.69) is 4.98 Å². The predicted octanol–water partition coefficient (Wildman–Crippen LogP) is 1.69. The van der Waals surface area contributed by atoms with Gasteiger partial charge in [-0.3, -0.25) is 10.1 Å². The first kappa shape index (κ1) is 11.7. The lowest BCUT2D eigenvalue weighted by Crippen LogP contribution is -2.26. The summed E-state index contributed by atoms with van der Waals surface area (Å²) in [5.41, 5.74) is -0.649. The molecule has 1 fully saturated rings. The molecule has 2 heterocycles. The number of hydrogen-bond donors (Lipinski definition) is 0. The quantitative estimate of drug-likeness (QED) is 0.458. The second kappa shape index (κ2) is 5.05. The molecule has 0 aliphatic carbocycles. The molecule has 1 aromatic heterocycles. The van der Waals surface area contributed by atoms with Gasteiger partial charge in [-0.25, -0.2) is 0 Å². The fourth-order valence-electron chi connectivity index (χ4n) is 1.58. The van der Waals surface area contributed by atoms with Crippen LogP contribution in [0.5, 0.6) is 5.88 Å². The van der Waals surface area contributed by atoms with Crippen LogP contribution in [0.2, 0.25) is 0 Å². The van der Waals surface area contributed by atoms with Gasteiger partial charge in [0.15, 0.2) is 0 Å². The monoisotopic (exact) mass is 242 g/mol. The van der Waals surface area contributed by atoms with Gasteiger partial charge in [-0.2, -0.15) is 9.37 Å². The minimum atomic E-state index is -1.13. The van der Waals surface area contributed by atoms with E-state index in [1.54, 1.807) is 0 Å². The van der Waals surface area contributed by atoms with Crippen LogP contribution in [0.15, 0.2) is 12.1 Å². The van der Waals surface area contributed by atoms with Gasteiger partial charge in [0, 0.05) is 25.0 Å². The Balaban J connectivity index is 2.06. The molecule has 0 saturated carbocycles. The van der Waals surface area contributed by atoms with Crippen molar-refractivity contribution in [1.82, 2.24) is 4.98 Å². The number of rotatable bonds is 3. The Morgan fingerprint density at radius 1 is 1.47 bits per heavy atom. The SMILES string of the molecule is O=[N+]([O-])c1ccc(OC2CCOCC2)nc1F. The Bertz CT molecular complexity index is 421. The summed E-state index contributed by atoms with van der Waals surface area (Å²) in [4.78, 5) is 13.0. The molecule has 2 rings (SSSR count). The van der Waals surface area contributed by atoms with Crippen LogP contribution in [0.1, 0.15) is 12.8 Å². The molecule has 0 N–H and O–H groups in total. The molecule has 1 aliphatic heterocycles. The topological polar surface area (TPSA) is 74.5 Å². The van der Waals surface area contributed by atoms with E-state index in [9.17, 15) is 14.5 Å². The second-order valence-electron chi connectivity index (χ2n) is 3.65. The zero-order valence-corrected chi connectivity index (χ0v) is 8.97. The summed E-state index contributed by atoms with van der Waals surface area (Å²) < 4.78 is 23.8. The normalized spacial score (nSPS) is 16.8. The van der Waals surface area contributed by atoms with Crippen molar-refractivity contribution in [2.75, 3.05) is 13.2 Å². The van der Waals surface area contributed by atoms with Crippen LogP contribution in [0, 0.1) is 16.1 Å². The molecule has 1 aliphatic rings. The molecular weight excluding hydrogens is 231 g/mol. The maximum absolute atomic E-state index is 13.2. The molecular formula is C10H11FN2O4. The molecule has 92 valence electrons. The largest absolute Gasteiger partial charge is 0.474 e. The van der Waals surface area contributed by atoms with Gasteiger partial charge < -0.3 is 9.47 Å². The lowest BCUT2D eigenvalue weighted by molar-refractivity contribution is -0.388. The van der Waals surface area contributed by atoms with E-state index >= 15 is 0 Å². The van der Waals surface area contributed by atoms with Gasteiger partial charge in [0.25, 0.3) is 5.95 Å². The van der Waals surface area contributed by atoms with E-state index in [0.717, 1.165) is 6.07 Å². The fourth-order valence-corrected chi connectivity index (χ4v) is 1.58. The highest BCUT2D eigenvalue weighted by Gasteiger charge is 2.19. The number of halogens is 1. The van der Waals surface area contributed by atoms with Crippen LogP contribution >= 0.6 is 0 Å². The van der Waals surface area contributed by atoms with Crippen LogP contribution in [-0.2, 0) is 4.74 Å². The molecule has 17 heavy (non-hydrogen) atoms. The van der Waals surface area contributed by atoms with E-state index < -0.39 is 16.6 Å². The first-order valence-electron chi connectivity index (χ1n) is 5.22. The molecule has 7 heteroatoms.